The molecule has 1 N–H and O–H groups in total. The first-order chi connectivity index (χ1) is 15.6. The largest absolute Gasteiger partial charge is 0.351 e. The Bertz CT molecular complexity index is 1140. The van der Waals surface area contributed by atoms with Crippen LogP contribution in [-0.4, -0.2) is 49.2 Å². The number of nitrogens with zero attached hydrogens (tertiary/aromatic N) is 2. The zero-order valence-electron chi connectivity index (χ0n) is 19.4. The van der Waals surface area contributed by atoms with Crippen LogP contribution in [0.5, 0.6) is 0 Å². The zero-order valence-corrected chi connectivity index (χ0v) is 20.2. The number of carbonyl (C=O) groups excluding carboxylic acids is 2. The second kappa shape index (κ2) is 8.91. The highest BCUT2D eigenvalue weighted by Gasteiger charge is 2.51. The van der Waals surface area contributed by atoms with E-state index in [1.807, 2.05) is 26.0 Å². The van der Waals surface area contributed by atoms with Gasteiger partial charge in [-0.15, -0.1) is 0 Å². The minimum Gasteiger partial charge on any atom is -0.351 e. The Balaban J connectivity index is 1.72. The average Bonchev–Trinajstić information content (AvgIpc) is 3.28. The van der Waals surface area contributed by atoms with Crippen LogP contribution in [0.4, 0.5) is 5.69 Å². The molecule has 4 rings (SSSR count). The number of benzene rings is 2. The molecule has 1 atom stereocenters. The van der Waals surface area contributed by atoms with Crippen molar-refractivity contribution in [3.05, 3.63) is 59.7 Å². The van der Waals surface area contributed by atoms with Gasteiger partial charge in [0, 0.05) is 18.3 Å². The van der Waals surface area contributed by atoms with Crippen LogP contribution in [0.3, 0.4) is 0 Å². The lowest BCUT2D eigenvalue weighted by molar-refractivity contribution is -0.133. The maximum atomic E-state index is 13.6. The van der Waals surface area contributed by atoms with Crippen LogP contribution in [0, 0.1) is 13.8 Å². The summed E-state index contributed by atoms with van der Waals surface area (Å²) < 4.78 is 28.0. The second-order valence-electron chi connectivity index (χ2n) is 9.38. The van der Waals surface area contributed by atoms with E-state index < -0.39 is 21.5 Å². The van der Waals surface area contributed by atoms with Gasteiger partial charge < -0.3 is 5.32 Å². The summed E-state index contributed by atoms with van der Waals surface area (Å²) in [6.45, 7) is 5.04. The highest BCUT2D eigenvalue weighted by Crippen LogP contribution is 2.33. The summed E-state index contributed by atoms with van der Waals surface area (Å²) in [5, 5.41) is 3.09. The molecule has 0 unspecified atom stereocenters. The normalized spacial score (nSPS) is 22.5. The van der Waals surface area contributed by atoms with Crippen LogP contribution < -0.4 is 10.2 Å². The molecule has 33 heavy (non-hydrogen) atoms. The van der Waals surface area contributed by atoms with Crippen molar-refractivity contribution in [3.63, 3.8) is 0 Å². The lowest BCUT2D eigenvalue weighted by Gasteiger charge is -2.47. The Labute approximate surface area is 195 Å². The summed E-state index contributed by atoms with van der Waals surface area (Å²) in [6, 6.07) is 14.0. The molecule has 176 valence electrons. The van der Waals surface area contributed by atoms with Gasteiger partial charge >= 0.3 is 0 Å². The highest BCUT2D eigenvalue weighted by molar-refractivity contribution is 7.89. The van der Waals surface area contributed by atoms with Gasteiger partial charge in [0.2, 0.25) is 21.8 Å². The van der Waals surface area contributed by atoms with E-state index in [0.29, 0.717) is 5.69 Å². The number of carbonyl (C=O) groups is 2. The van der Waals surface area contributed by atoms with Crippen molar-refractivity contribution in [3.8, 4) is 0 Å². The number of sulfonamides is 1. The summed E-state index contributed by atoms with van der Waals surface area (Å²) >= 11 is 0. The van der Waals surface area contributed by atoms with Gasteiger partial charge in [-0.25, -0.2) is 8.42 Å². The number of aryl methyl sites for hydroxylation is 2. The van der Waals surface area contributed by atoms with Crippen molar-refractivity contribution in [2.75, 3.05) is 18.0 Å². The summed E-state index contributed by atoms with van der Waals surface area (Å²) in [5.74, 6) is -0.753. The van der Waals surface area contributed by atoms with E-state index in [-0.39, 0.29) is 29.9 Å². The number of hydrogen-bond acceptors (Lipinski definition) is 4. The van der Waals surface area contributed by atoms with Crippen molar-refractivity contribution >= 4 is 27.5 Å². The van der Waals surface area contributed by atoms with Crippen LogP contribution in [-0.2, 0) is 19.6 Å². The molecule has 1 aliphatic heterocycles. The maximum Gasteiger partial charge on any atom is 0.247 e. The minimum absolute atomic E-state index is 0.0494. The molecule has 1 heterocycles. The molecule has 2 aromatic carbocycles. The number of amides is 2. The van der Waals surface area contributed by atoms with Gasteiger partial charge in [0.25, 0.3) is 0 Å². The Morgan fingerprint density at radius 1 is 0.970 bits per heavy atom. The molecule has 1 saturated heterocycles. The molecule has 0 bridgehead atoms. The van der Waals surface area contributed by atoms with Gasteiger partial charge in [0.1, 0.15) is 5.54 Å². The first-order valence-corrected chi connectivity index (χ1v) is 12.8. The summed E-state index contributed by atoms with van der Waals surface area (Å²) in [6.07, 6.45) is 3.89. The van der Waals surface area contributed by atoms with E-state index in [4.69, 9.17) is 0 Å². The first-order valence-electron chi connectivity index (χ1n) is 11.4. The Morgan fingerprint density at radius 2 is 1.52 bits per heavy atom. The van der Waals surface area contributed by atoms with Crippen LogP contribution in [0.15, 0.2) is 53.4 Å². The van der Waals surface area contributed by atoms with Crippen LogP contribution >= 0.6 is 0 Å². The van der Waals surface area contributed by atoms with Gasteiger partial charge in [-0.1, -0.05) is 48.2 Å². The second-order valence-corrected chi connectivity index (χ2v) is 11.3. The topological polar surface area (TPSA) is 86.8 Å². The Morgan fingerprint density at radius 3 is 2.09 bits per heavy atom. The molecular formula is C25H31N3O4S. The molecule has 0 aromatic heterocycles. The minimum atomic E-state index is -3.95. The number of anilines is 1. The molecular weight excluding hydrogens is 438 g/mol. The summed E-state index contributed by atoms with van der Waals surface area (Å²) in [7, 11) is -3.95. The van der Waals surface area contributed by atoms with Crippen LogP contribution in [0.2, 0.25) is 0 Å². The summed E-state index contributed by atoms with van der Waals surface area (Å²) in [4.78, 5) is 28.6. The predicted molar refractivity (Wildman–Crippen MR) is 127 cm³/mol. The summed E-state index contributed by atoms with van der Waals surface area (Å²) in [5.41, 5.74) is 1.17. The van der Waals surface area contributed by atoms with Gasteiger partial charge in [-0.3, -0.25) is 14.5 Å². The van der Waals surface area contributed by atoms with Gasteiger partial charge in [0.05, 0.1) is 11.4 Å². The molecule has 2 aliphatic rings. The molecule has 8 heteroatoms. The van der Waals surface area contributed by atoms with E-state index >= 15 is 0 Å². The third-order valence-corrected chi connectivity index (χ3v) is 8.48. The number of hydrogen-bond donors (Lipinski definition) is 1. The van der Waals surface area contributed by atoms with Gasteiger partial charge in [-0.2, -0.15) is 4.31 Å². The zero-order chi connectivity index (χ0) is 23.8. The molecule has 2 aromatic rings. The van der Waals surface area contributed by atoms with E-state index in [1.165, 1.54) is 17.0 Å². The predicted octanol–water partition coefficient (Wildman–Crippen LogP) is 3.16. The van der Waals surface area contributed by atoms with Gasteiger partial charge in [0.15, 0.2) is 0 Å². The fraction of sp³-hybridized carbons (Fsp3) is 0.440. The Hall–Kier alpha value is -2.71. The highest BCUT2D eigenvalue weighted by atomic mass is 32.2. The maximum absolute atomic E-state index is 13.6. The van der Waals surface area contributed by atoms with E-state index in [0.717, 1.165) is 41.1 Å². The molecule has 7 nitrogen and oxygen atoms in total. The standard InChI is InChI=1S/C25H31N3O4S/c1-18-8-12-21(13-9-18)28-23(29)16-27(33(31,32)22-14-10-19(2)11-15-22)17-25(28,3)24(30)26-20-6-4-5-7-20/h8-15,20H,4-7,16-17H2,1-3H3,(H,26,30)/t25-/m1/s1. The molecule has 0 spiro atoms. The van der Waals surface area contributed by atoms with Crippen LogP contribution in [0.25, 0.3) is 0 Å². The van der Waals surface area contributed by atoms with Gasteiger partial charge in [-0.05, 0) is 57.9 Å². The Kier molecular flexibility index (Phi) is 6.33. The van der Waals surface area contributed by atoms with Crippen molar-refractivity contribution in [1.82, 2.24) is 9.62 Å². The van der Waals surface area contributed by atoms with E-state index in [2.05, 4.69) is 5.32 Å². The van der Waals surface area contributed by atoms with Crippen molar-refractivity contribution in [2.45, 2.75) is 62.9 Å². The molecule has 1 aliphatic carbocycles. The smallest absolute Gasteiger partial charge is 0.247 e. The average molecular weight is 470 g/mol. The van der Waals surface area contributed by atoms with Crippen molar-refractivity contribution in [1.29, 1.82) is 0 Å². The molecule has 2 amide bonds. The quantitative estimate of drug-likeness (QED) is 0.729. The van der Waals surface area contributed by atoms with E-state index in [9.17, 15) is 18.0 Å². The first kappa shape index (κ1) is 23.4. The lowest BCUT2D eigenvalue weighted by atomic mass is 9.93. The third-order valence-electron chi connectivity index (χ3n) is 6.67. The third kappa shape index (κ3) is 4.54. The molecule has 0 radical (unpaired) electrons. The van der Waals surface area contributed by atoms with Crippen molar-refractivity contribution < 1.29 is 18.0 Å². The molecule has 2 fully saturated rings. The number of rotatable bonds is 5. The lowest BCUT2D eigenvalue weighted by Crippen LogP contribution is -2.70. The number of piperazine rings is 1. The van der Waals surface area contributed by atoms with E-state index in [1.54, 1.807) is 31.2 Å². The monoisotopic (exact) mass is 469 g/mol. The fourth-order valence-corrected chi connectivity index (χ4v) is 6.18. The SMILES string of the molecule is Cc1ccc(N2C(=O)CN(S(=O)(=O)c3ccc(C)cc3)C[C@]2(C)C(=O)NC2CCCC2)cc1. The van der Waals surface area contributed by atoms with Crippen LogP contribution in [0.1, 0.15) is 43.7 Å². The number of nitrogens with one attached hydrogen (secondary N) is 1. The fourth-order valence-electron chi connectivity index (χ4n) is 4.70. The molecule has 1 saturated carbocycles. The van der Waals surface area contributed by atoms with Crippen molar-refractivity contribution in [2.24, 2.45) is 0 Å².